The molecule has 0 aliphatic heterocycles. The van der Waals surface area contributed by atoms with Crippen LogP contribution in [0.3, 0.4) is 0 Å². The fourth-order valence-electron chi connectivity index (χ4n) is 1.14. The van der Waals surface area contributed by atoms with Crippen molar-refractivity contribution < 1.29 is 14.8 Å². The fraction of sp³-hybridized carbons (Fsp3) is 0.300. The summed E-state index contributed by atoms with van der Waals surface area (Å²) < 4.78 is 4.94. The maximum atomic E-state index is 10.6. The van der Waals surface area contributed by atoms with Crippen molar-refractivity contribution in [1.82, 2.24) is 0 Å². The zero-order valence-electron chi connectivity index (χ0n) is 8.56. The highest BCUT2D eigenvalue weighted by Crippen LogP contribution is 2.26. The van der Waals surface area contributed by atoms with Crippen LogP contribution in [-0.2, 0) is 0 Å². The van der Waals surface area contributed by atoms with Crippen molar-refractivity contribution in [2.24, 2.45) is 0 Å². The van der Waals surface area contributed by atoms with Gasteiger partial charge in [0.15, 0.2) is 0 Å². The summed E-state index contributed by atoms with van der Waals surface area (Å²) in [7, 11) is 1.44. The Balaban J connectivity index is 3.16. The smallest absolute Gasteiger partial charge is 0.273 e. The molecule has 1 aromatic carbocycles. The van der Waals surface area contributed by atoms with Crippen LogP contribution in [0.25, 0.3) is 0 Å². The molecule has 1 N–H and O–H groups in total. The van der Waals surface area contributed by atoms with Gasteiger partial charge in [0.05, 0.1) is 24.7 Å². The summed E-state index contributed by atoms with van der Waals surface area (Å²) in [6.07, 6.45) is 0. The van der Waals surface area contributed by atoms with Crippen molar-refractivity contribution in [1.29, 1.82) is 0 Å². The van der Waals surface area contributed by atoms with E-state index in [-0.39, 0.29) is 12.3 Å². The van der Waals surface area contributed by atoms with Gasteiger partial charge in [0.2, 0.25) is 0 Å². The molecule has 1 radical (unpaired) electrons. The molecule has 1 rings (SSSR count). The predicted molar refractivity (Wildman–Crippen MR) is 54.8 cm³/mol. The molecule has 0 aliphatic rings. The maximum Gasteiger partial charge on any atom is 0.273 e. The first-order valence-electron chi connectivity index (χ1n) is 4.35. The molecule has 81 valence electrons. The molecule has 0 saturated carbocycles. The van der Waals surface area contributed by atoms with Gasteiger partial charge in [0, 0.05) is 12.0 Å². The van der Waals surface area contributed by atoms with Crippen molar-refractivity contribution in [3.63, 3.8) is 0 Å². The summed E-state index contributed by atoms with van der Waals surface area (Å²) in [5.74, 6) is 1.07. The van der Waals surface area contributed by atoms with Crippen LogP contribution < -0.4 is 4.74 Å². The number of nitro groups is 1. The predicted octanol–water partition coefficient (Wildman–Crippen LogP) is 1.54. The van der Waals surface area contributed by atoms with E-state index in [1.54, 1.807) is 13.0 Å². The first-order chi connectivity index (χ1) is 7.08. The molecule has 1 aromatic rings. The highest BCUT2D eigenvalue weighted by molar-refractivity contribution is 5.47. The molecule has 0 saturated heterocycles. The summed E-state index contributed by atoms with van der Waals surface area (Å²) in [5.41, 5.74) is 0.570. The average molecular weight is 210 g/mol. The van der Waals surface area contributed by atoms with E-state index in [1.165, 1.54) is 19.2 Å². The van der Waals surface area contributed by atoms with Crippen LogP contribution >= 0.6 is 0 Å². The molecule has 5 nitrogen and oxygen atoms in total. The summed E-state index contributed by atoms with van der Waals surface area (Å²) >= 11 is 0. The Bertz CT molecular complexity index is 364. The largest absolute Gasteiger partial charge is 0.496 e. The lowest BCUT2D eigenvalue weighted by Gasteiger charge is -2.09. The Labute approximate surface area is 87.5 Å². The number of rotatable bonds is 4. The van der Waals surface area contributed by atoms with Gasteiger partial charge in [-0.2, -0.15) is 0 Å². The summed E-state index contributed by atoms with van der Waals surface area (Å²) in [6.45, 7) is 1.57. The number of aliphatic hydroxyl groups excluding tert-OH is 1. The first-order valence-corrected chi connectivity index (χ1v) is 4.35. The third kappa shape index (κ3) is 2.66. The number of benzene rings is 1. The maximum absolute atomic E-state index is 10.6. The van der Waals surface area contributed by atoms with Gasteiger partial charge in [-0.15, -0.1) is 0 Å². The number of methoxy groups -OCH3 is 1. The Hall–Kier alpha value is -1.62. The number of nitrogens with zero attached hydrogens (tertiary/aromatic N) is 1. The standard InChI is InChI=1S/C10H12NO4/c1-7(6-12)8-3-9(11(13)14)5-10(4-8)15-2/h3-5,12H,6H2,1-2H3. The van der Waals surface area contributed by atoms with Gasteiger partial charge in [-0.1, -0.05) is 6.92 Å². The minimum Gasteiger partial charge on any atom is -0.496 e. The number of ether oxygens (including phenoxy) is 1. The van der Waals surface area contributed by atoms with Crippen LogP contribution in [0.4, 0.5) is 5.69 Å². The molecule has 0 aliphatic carbocycles. The van der Waals surface area contributed by atoms with Crippen molar-refractivity contribution in [3.8, 4) is 5.75 Å². The third-order valence-electron chi connectivity index (χ3n) is 2.07. The van der Waals surface area contributed by atoms with Crippen molar-refractivity contribution >= 4 is 5.69 Å². The average Bonchev–Trinajstić information content (AvgIpc) is 2.27. The van der Waals surface area contributed by atoms with Crippen molar-refractivity contribution in [2.45, 2.75) is 6.92 Å². The molecule has 0 atom stereocenters. The van der Waals surface area contributed by atoms with E-state index in [0.717, 1.165) is 0 Å². The molecular weight excluding hydrogens is 198 g/mol. The molecule has 0 bridgehead atoms. The molecule has 0 unspecified atom stereocenters. The Kier molecular flexibility index (Phi) is 3.62. The third-order valence-corrected chi connectivity index (χ3v) is 2.07. The molecule has 0 heterocycles. The number of hydrogen-bond acceptors (Lipinski definition) is 4. The van der Waals surface area contributed by atoms with Gasteiger partial charge in [0.25, 0.3) is 5.69 Å². The van der Waals surface area contributed by atoms with Gasteiger partial charge in [-0.25, -0.2) is 0 Å². The Morgan fingerprint density at radius 1 is 1.53 bits per heavy atom. The quantitative estimate of drug-likeness (QED) is 0.604. The van der Waals surface area contributed by atoms with Gasteiger partial charge in [0.1, 0.15) is 5.75 Å². The van der Waals surface area contributed by atoms with E-state index in [4.69, 9.17) is 9.84 Å². The van der Waals surface area contributed by atoms with Crippen LogP contribution in [-0.4, -0.2) is 23.7 Å². The van der Waals surface area contributed by atoms with Crippen LogP contribution in [0.15, 0.2) is 18.2 Å². The SMILES string of the molecule is COc1cc([C](C)CO)cc([N+](=O)[O-])c1. The van der Waals surface area contributed by atoms with Gasteiger partial charge < -0.3 is 9.84 Å². The number of aliphatic hydroxyl groups is 1. The molecule has 0 amide bonds. The topological polar surface area (TPSA) is 72.6 Å². The second-order valence-corrected chi connectivity index (χ2v) is 3.12. The minimum atomic E-state index is -0.489. The van der Waals surface area contributed by atoms with Crippen LogP contribution in [0, 0.1) is 16.0 Å². The molecule has 0 fully saturated rings. The zero-order valence-corrected chi connectivity index (χ0v) is 8.56. The van der Waals surface area contributed by atoms with E-state index in [2.05, 4.69) is 0 Å². The number of hydrogen-bond donors (Lipinski definition) is 1. The summed E-state index contributed by atoms with van der Waals surface area (Å²) in [5, 5.41) is 19.5. The fourth-order valence-corrected chi connectivity index (χ4v) is 1.14. The van der Waals surface area contributed by atoms with Crippen LogP contribution in [0.2, 0.25) is 0 Å². The summed E-state index contributed by atoms with van der Waals surface area (Å²) in [6, 6.07) is 4.40. The number of non-ortho nitro benzene ring substituents is 1. The van der Waals surface area contributed by atoms with Crippen molar-refractivity contribution in [2.75, 3.05) is 13.7 Å². The highest BCUT2D eigenvalue weighted by atomic mass is 16.6. The van der Waals surface area contributed by atoms with Gasteiger partial charge in [-0.05, 0) is 11.6 Å². The van der Waals surface area contributed by atoms with E-state index >= 15 is 0 Å². The molecule has 0 spiro atoms. The van der Waals surface area contributed by atoms with E-state index in [0.29, 0.717) is 17.2 Å². The van der Waals surface area contributed by atoms with Crippen LogP contribution in [0.5, 0.6) is 5.75 Å². The second kappa shape index (κ2) is 4.75. The second-order valence-electron chi connectivity index (χ2n) is 3.12. The molecular formula is C10H12NO4. The van der Waals surface area contributed by atoms with Gasteiger partial charge >= 0.3 is 0 Å². The van der Waals surface area contributed by atoms with Gasteiger partial charge in [-0.3, -0.25) is 10.1 Å². The molecule has 15 heavy (non-hydrogen) atoms. The lowest BCUT2D eigenvalue weighted by atomic mass is 10.0. The Morgan fingerprint density at radius 3 is 2.67 bits per heavy atom. The highest BCUT2D eigenvalue weighted by Gasteiger charge is 2.13. The lowest BCUT2D eigenvalue weighted by Crippen LogP contribution is -2.01. The number of nitro benzene ring substituents is 1. The minimum absolute atomic E-state index is 0.0443. The normalized spacial score (nSPS) is 10.4. The van der Waals surface area contributed by atoms with E-state index < -0.39 is 4.92 Å². The Morgan fingerprint density at radius 2 is 2.20 bits per heavy atom. The zero-order chi connectivity index (χ0) is 11.4. The summed E-state index contributed by atoms with van der Waals surface area (Å²) in [4.78, 5) is 10.1. The van der Waals surface area contributed by atoms with Crippen molar-refractivity contribution in [3.05, 3.63) is 39.8 Å². The monoisotopic (exact) mass is 210 g/mol. The van der Waals surface area contributed by atoms with E-state index in [1.807, 2.05) is 0 Å². The van der Waals surface area contributed by atoms with Crippen LogP contribution in [0.1, 0.15) is 12.5 Å². The first kappa shape index (κ1) is 11.5. The lowest BCUT2D eigenvalue weighted by molar-refractivity contribution is -0.385. The van der Waals surface area contributed by atoms with E-state index in [9.17, 15) is 10.1 Å². The molecule has 0 aromatic heterocycles. The molecule has 5 heteroatoms.